The third kappa shape index (κ3) is 2.86. The van der Waals surface area contributed by atoms with Gasteiger partial charge in [-0.3, -0.25) is 0 Å². The first kappa shape index (κ1) is 13.9. The van der Waals surface area contributed by atoms with Gasteiger partial charge in [0.2, 0.25) is 0 Å². The van der Waals surface area contributed by atoms with Crippen molar-refractivity contribution in [1.82, 2.24) is 9.97 Å². The Morgan fingerprint density at radius 2 is 2.14 bits per heavy atom. The summed E-state index contributed by atoms with van der Waals surface area (Å²) in [4.78, 5) is 10.4. The molecule has 0 aliphatic carbocycles. The summed E-state index contributed by atoms with van der Waals surface area (Å²) in [5.41, 5.74) is 0.275. The zero-order valence-electron chi connectivity index (χ0n) is 11.4. The van der Waals surface area contributed by atoms with Crippen molar-refractivity contribution in [1.29, 1.82) is 0 Å². The van der Waals surface area contributed by atoms with Gasteiger partial charge in [-0.1, -0.05) is 18.2 Å². The maximum absolute atomic E-state index is 13.6. The Hall–Kier alpha value is -2.05. The van der Waals surface area contributed by atoms with E-state index in [1.54, 1.807) is 29.5 Å². The first-order valence-electron chi connectivity index (χ1n) is 6.52. The average molecular weight is 303 g/mol. The summed E-state index contributed by atoms with van der Waals surface area (Å²) in [6.45, 7) is 2.19. The number of aromatic nitrogens is 2. The van der Waals surface area contributed by atoms with Gasteiger partial charge in [-0.05, 0) is 19.1 Å². The largest absolute Gasteiger partial charge is 0.386 e. The summed E-state index contributed by atoms with van der Waals surface area (Å²) in [6.07, 6.45) is 0.548. The van der Waals surface area contributed by atoms with Crippen LogP contribution in [0.1, 0.15) is 16.5 Å². The van der Waals surface area contributed by atoms with Crippen molar-refractivity contribution in [3.8, 4) is 0 Å². The van der Waals surface area contributed by atoms with E-state index in [1.165, 1.54) is 12.4 Å². The minimum absolute atomic E-state index is 0.182. The van der Waals surface area contributed by atoms with Gasteiger partial charge in [0.25, 0.3) is 0 Å². The molecule has 0 bridgehead atoms. The summed E-state index contributed by atoms with van der Waals surface area (Å²) in [5.74, 6) is 0.241. The lowest BCUT2D eigenvalue weighted by Gasteiger charge is -2.13. The highest BCUT2D eigenvalue weighted by molar-refractivity contribution is 7.18. The Bertz CT molecular complexity index is 774. The second-order valence-electron chi connectivity index (χ2n) is 4.72. The number of hydrogen-bond acceptors (Lipinski definition) is 5. The fourth-order valence-corrected chi connectivity index (χ4v) is 3.01. The molecule has 1 aromatic carbocycles. The third-order valence-electron chi connectivity index (χ3n) is 3.18. The lowest BCUT2D eigenvalue weighted by atomic mass is 10.1. The van der Waals surface area contributed by atoms with Crippen molar-refractivity contribution < 1.29 is 9.50 Å². The zero-order valence-corrected chi connectivity index (χ0v) is 12.2. The Morgan fingerprint density at radius 3 is 2.95 bits per heavy atom. The van der Waals surface area contributed by atoms with Crippen LogP contribution in [0.2, 0.25) is 0 Å². The van der Waals surface area contributed by atoms with Crippen molar-refractivity contribution in [3.05, 3.63) is 52.9 Å². The molecule has 1 atom stereocenters. The van der Waals surface area contributed by atoms with Crippen molar-refractivity contribution >= 4 is 27.4 Å². The fraction of sp³-hybridized carbons (Fsp3) is 0.200. The predicted molar refractivity (Wildman–Crippen MR) is 82.0 cm³/mol. The van der Waals surface area contributed by atoms with Crippen LogP contribution in [0, 0.1) is 12.7 Å². The molecule has 0 radical (unpaired) electrons. The molecule has 3 aromatic rings. The number of hydrogen-bond donors (Lipinski definition) is 2. The van der Waals surface area contributed by atoms with E-state index in [0.717, 1.165) is 15.1 Å². The number of anilines is 1. The molecule has 0 saturated heterocycles. The molecule has 21 heavy (non-hydrogen) atoms. The molecule has 108 valence electrons. The van der Waals surface area contributed by atoms with E-state index in [-0.39, 0.29) is 12.1 Å². The van der Waals surface area contributed by atoms with E-state index >= 15 is 0 Å². The number of nitrogens with zero attached hydrogens (tertiary/aromatic N) is 2. The van der Waals surface area contributed by atoms with Crippen LogP contribution in [-0.2, 0) is 0 Å². The second-order valence-corrected chi connectivity index (χ2v) is 5.95. The first-order chi connectivity index (χ1) is 10.1. The van der Waals surface area contributed by atoms with Gasteiger partial charge in [-0.25, -0.2) is 14.4 Å². The molecule has 1 unspecified atom stereocenters. The summed E-state index contributed by atoms with van der Waals surface area (Å²) < 4.78 is 13.6. The van der Waals surface area contributed by atoms with Crippen LogP contribution in [0.4, 0.5) is 10.2 Å². The van der Waals surface area contributed by atoms with Crippen LogP contribution >= 0.6 is 11.3 Å². The SMILES string of the molecule is Cc1cc2c(NCC(O)c3ccccc3F)ncnc2s1. The van der Waals surface area contributed by atoms with Gasteiger partial charge in [0.05, 0.1) is 11.5 Å². The van der Waals surface area contributed by atoms with E-state index in [9.17, 15) is 9.50 Å². The summed E-state index contributed by atoms with van der Waals surface area (Å²) in [6, 6.07) is 8.21. The van der Waals surface area contributed by atoms with Crippen molar-refractivity contribution in [2.45, 2.75) is 13.0 Å². The number of aryl methyl sites for hydroxylation is 1. The Morgan fingerprint density at radius 1 is 1.33 bits per heavy atom. The maximum atomic E-state index is 13.6. The molecule has 3 rings (SSSR count). The molecule has 0 fully saturated rings. The number of benzene rings is 1. The fourth-order valence-electron chi connectivity index (χ4n) is 2.17. The van der Waals surface area contributed by atoms with E-state index < -0.39 is 11.9 Å². The summed E-state index contributed by atoms with van der Waals surface area (Å²) in [7, 11) is 0. The van der Waals surface area contributed by atoms with Crippen LogP contribution in [0.25, 0.3) is 10.2 Å². The minimum Gasteiger partial charge on any atom is -0.386 e. The Kier molecular flexibility index (Phi) is 3.81. The highest BCUT2D eigenvalue weighted by Gasteiger charge is 2.13. The highest BCUT2D eigenvalue weighted by Crippen LogP contribution is 2.28. The zero-order chi connectivity index (χ0) is 14.8. The van der Waals surface area contributed by atoms with Crippen LogP contribution in [-0.4, -0.2) is 21.6 Å². The minimum atomic E-state index is -0.934. The number of thiophene rings is 1. The monoisotopic (exact) mass is 303 g/mol. The van der Waals surface area contributed by atoms with E-state index in [4.69, 9.17) is 0 Å². The smallest absolute Gasteiger partial charge is 0.138 e. The maximum Gasteiger partial charge on any atom is 0.138 e. The number of nitrogens with one attached hydrogen (secondary N) is 1. The Balaban J connectivity index is 1.79. The van der Waals surface area contributed by atoms with Crippen LogP contribution in [0.15, 0.2) is 36.7 Å². The quantitative estimate of drug-likeness (QED) is 0.776. The lowest BCUT2D eigenvalue weighted by Crippen LogP contribution is -2.14. The molecule has 0 aliphatic heterocycles. The molecule has 4 nitrogen and oxygen atoms in total. The normalized spacial score (nSPS) is 12.5. The molecular weight excluding hydrogens is 289 g/mol. The number of aliphatic hydroxyl groups is 1. The Labute approximate surface area is 125 Å². The van der Waals surface area contributed by atoms with Gasteiger partial charge in [-0.2, -0.15) is 0 Å². The number of fused-ring (bicyclic) bond motifs is 1. The van der Waals surface area contributed by atoms with Crippen molar-refractivity contribution in [2.24, 2.45) is 0 Å². The standard InChI is InChI=1S/C15H14FN3OS/c1-9-6-11-14(18-8-19-15(11)21-9)17-7-13(20)10-4-2-3-5-12(10)16/h2-6,8,13,20H,7H2,1H3,(H,17,18,19). The van der Waals surface area contributed by atoms with Gasteiger partial charge in [-0.15, -0.1) is 11.3 Å². The molecule has 0 amide bonds. The van der Waals surface area contributed by atoms with E-state index in [2.05, 4.69) is 15.3 Å². The van der Waals surface area contributed by atoms with Gasteiger partial charge in [0.1, 0.15) is 22.8 Å². The number of halogens is 1. The van der Waals surface area contributed by atoms with Crippen LogP contribution in [0.5, 0.6) is 0 Å². The highest BCUT2D eigenvalue weighted by atomic mass is 32.1. The molecule has 2 N–H and O–H groups in total. The molecule has 2 aromatic heterocycles. The van der Waals surface area contributed by atoms with Crippen molar-refractivity contribution in [2.75, 3.05) is 11.9 Å². The molecule has 2 heterocycles. The lowest BCUT2D eigenvalue weighted by molar-refractivity contribution is 0.186. The summed E-state index contributed by atoms with van der Waals surface area (Å²) in [5, 5.41) is 14.1. The van der Waals surface area contributed by atoms with Crippen LogP contribution < -0.4 is 5.32 Å². The second kappa shape index (κ2) is 5.75. The summed E-state index contributed by atoms with van der Waals surface area (Å²) >= 11 is 1.59. The number of rotatable bonds is 4. The molecule has 6 heteroatoms. The van der Waals surface area contributed by atoms with E-state index in [0.29, 0.717) is 5.82 Å². The van der Waals surface area contributed by atoms with Crippen molar-refractivity contribution in [3.63, 3.8) is 0 Å². The number of aliphatic hydroxyl groups excluding tert-OH is 1. The van der Waals surface area contributed by atoms with Gasteiger partial charge < -0.3 is 10.4 Å². The topological polar surface area (TPSA) is 58.0 Å². The molecular formula is C15H14FN3OS. The molecule has 0 saturated carbocycles. The average Bonchev–Trinajstić information content (AvgIpc) is 2.86. The first-order valence-corrected chi connectivity index (χ1v) is 7.34. The van der Waals surface area contributed by atoms with Crippen LogP contribution in [0.3, 0.4) is 0 Å². The predicted octanol–water partition coefficient (Wildman–Crippen LogP) is 3.28. The molecule has 0 aliphatic rings. The van der Waals surface area contributed by atoms with Gasteiger partial charge in [0, 0.05) is 17.0 Å². The van der Waals surface area contributed by atoms with Gasteiger partial charge >= 0.3 is 0 Å². The molecule has 0 spiro atoms. The van der Waals surface area contributed by atoms with E-state index in [1.807, 2.05) is 13.0 Å². The van der Waals surface area contributed by atoms with Gasteiger partial charge in [0.15, 0.2) is 0 Å². The third-order valence-corrected chi connectivity index (χ3v) is 4.14.